The molecule has 2 nitrogen and oxygen atoms in total. The van der Waals surface area contributed by atoms with Crippen LogP contribution in [0.2, 0.25) is 0 Å². The zero-order valence-corrected chi connectivity index (χ0v) is 17.6. The number of aliphatic carboxylic acids is 1. The number of fused-ring (bicyclic) bond motifs is 1. The van der Waals surface area contributed by atoms with Gasteiger partial charge in [0.1, 0.15) is 0 Å². The lowest BCUT2D eigenvalue weighted by molar-refractivity contribution is -0.134. The second-order valence-corrected chi connectivity index (χ2v) is 9.14. The Balaban J connectivity index is 0.000000705. The molecule has 0 aromatic rings. The minimum atomic E-state index is -0.833. The summed E-state index contributed by atoms with van der Waals surface area (Å²) in [5, 5.41) is 7.42. The Labute approximate surface area is 156 Å². The number of carbonyl (C=O) groups is 1. The van der Waals surface area contributed by atoms with Crippen molar-refractivity contribution in [3.8, 4) is 0 Å². The van der Waals surface area contributed by atoms with Gasteiger partial charge in [-0.3, -0.25) is 4.79 Å². The van der Waals surface area contributed by atoms with Crippen molar-refractivity contribution in [2.75, 3.05) is 0 Å². The number of hydrogen-bond donors (Lipinski definition) is 1. The van der Waals surface area contributed by atoms with Crippen molar-refractivity contribution in [3.63, 3.8) is 0 Å². The highest BCUT2D eigenvalue weighted by Gasteiger charge is 2.39. The van der Waals surface area contributed by atoms with Gasteiger partial charge in [-0.2, -0.15) is 0 Å². The van der Waals surface area contributed by atoms with Crippen LogP contribution < -0.4 is 0 Å². The van der Waals surface area contributed by atoms with Gasteiger partial charge in [0, 0.05) is 6.92 Å². The minimum Gasteiger partial charge on any atom is -0.481 e. The molecule has 25 heavy (non-hydrogen) atoms. The lowest BCUT2D eigenvalue weighted by Crippen LogP contribution is -2.35. The molecule has 1 fully saturated rings. The number of carboxylic acid groups (broad SMARTS) is 1. The smallest absolute Gasteiger partial charge is 0.300 e. The van der Waals surface area contributed by atoms with Gasteiger partial charge in [0.25, 0.3) is 5.97 Å². The summed E-state index contributed by atoms with van der Waals surface area (Å²) in [7, 11) is 0. The first-order valence-corrected chi connectivity index (χ1v) is 10.6. The summed E-state index contributed by atoms with van der Waals surface area (Å²) < 4.78 is 0. The zero-order chi connectivity index (χ0) is 19.0. The maximum atomic E-state index is 9.00. The normalized spacial score (nSPS) is 33.6. The van der Waals surface area contributed by atoms with Crippen molar-refractivity contribution in [2.24, 2.45) is 29.1 Å². The van der Waals surface area contributed by atoms with E-state index in [1.807, 2.05) is 0 Å². The number of hydrogen-bond acceptors (Lipinski definition) is 1. The van der Waals surface area contributed by atoms with E-state index in [1.165, 1.54) is 57.8 Å². The largest absolute Gasteiger partial charge is 0.481 e. The second-order valence-electron chi connectivity index (χ2n) is 9.14. The van der Waals surface area contributed by atoms with Crippen molar-refractivity contribution < 1.29 is 9.90 Å². The molecule has 2 aliphatic rings. The molecule has 0 heterocycles. The van der Waals surface area contributed by atoms with Crippen LogP contribution in [0.5, 0.6) is 0 Å². The fourth-order valence-electron chi connectivity index (χ4n) is 5.14. The maximum absolute atomic E-state index is 9.00. The van der Waals surface area contributed by atoms with E-state index < -0.39 is 5.97 Å². The molecule has 2 heteroatoms. The van der Waals surface area contributed by atoms with Crippen molar-refractivity contribution >= 4 is 5.97 Å². The number of rotatable bonds is 2. The SMILES string of the molecule is CC(=O)O.CC[C@H]1CCC[C@H](C)CCCC2(C)C=C(C(C)C)CCC12. The first-order chi connectivity index (χ1) is 11.7. The fourth-order valence-corrected chi connectivity index (χ4v) is 5.14. The third kappa shape index (κ3) is 7.15. The second kappa shape index (κ2) is 10.4. The van der Waals surface area contributed by atoms with Gasteiger partial charge in [0.2, 0.25) is 0 Å². The van der Waals surface area contributed by atoms with E-state index in [9.17, 15) is 0 Å². The van der Waals surface area contributed by atoms with E-state index in [0.717, 1.165) is 30.6 Å². The molecule has 0 aliphatic heterocycles. The summed E-state index contributed by atoms with van der Waals surface area (Å²) in [5.41, 5.74) is 2.23. The molecular weight excluding hydrogens is 308 g/mol. The molecule has 2 rings (SSSR count). The van der Waals surface area contributed by atoms with E-state index in [4.69, 9.17) is 9.90 Å². The van der Waals surface area contributed by atoms with Gasteiger partial charge in [-0.25, -0.2) is 0 Å². The molecule has 0 aromatic heterocycles. The average molecular weight is 351 g/mol. The summed E-state index contributed by atoms with van der Waals surface area (Å²) in [6.07, 6.45) is 15.7. The van der Waals surface area contributed by atoms with E-state index in [-0.39, 0.29) is 0 Å². The summed E-state index contributed by atoms with van der Waals surface area (Å²) in [5.74, 6) is 2.76. The molecule has 4 atom stereocenters. The Bertz CT molecular complexity index is 433. The zero-order valence-electron chi connectivity index (χ0n) is 17.6. The van der Waals surface area contributed by atoms with E-state index in [0.29, 0.717) is 5.41 Å². The van der Waals surface area contributed by atoms with Crippen LogP contribution in [0.4, 0.5) is 0 Å². The molecule has 2 unspecified atom stereocenters. The van der Waals surface area contributed by atoms with Crippen LogP contribution in [0.25, 0.3) is 0 Å². The van der Waals surface area contributed by atoms with Crippen molar-refractivity contribution in [1.29, 1.82) is 0 Å². The summed E-state index contributed by atoms with van der Waals surface area (Å²) >= 11 is 0. The lowest BCUT2D eigenvalue weighted by Gasteiger charge is -2.45. The summed E-state index contributed by atoms with van der Waals surface area (Å²) in [4.78, 5) is 9.00. The van der Waals surface area contributed by atoms with Gasteiger partial charge >= 0.3 is 0 Å². The van der Waals surface area contributed by atoms with Crippen LogP contribution in [-0.2, 0) is 4.79 Å². The molecule has 2 aliphatic carbocycles. The fraction of sp³-hybridized carbons (Fsp3) is 0.870. The molecule has 0 bridgehead atoms. The Hall–Kier alpha value is -0.790. The standard InChI is InChI=1S/C21H38.C2H4O2/c1-6-18-11-7-9-17(4)10-8-14-21(5)15-19(16(2)3)12-13-20(18)21;1-2(3)4/h15-18,20H,6-14H2,1-5H3;1H3,(H,3,4)/t17-,18-,20?,21?;/m0./s1. The monoisotopic (exact) mass is 350 g/mol. The predicted molar refractivity (Wildman–Crippen MR) is 108 cm³/mol. The average Bonchev–Trinajstić information content (AvgIpc) is 2.51. The Kier molecular flexibility index (Phi) is 9.24. The molecule has 146 valence electrons. The van der Waals surface area contributed by atoms with Crippen molar-refractivity contribution in [2.45, 2.75) is 99.3 Å². The van der Waals surface area contributed by atoms with Gasteiger partial charge in [-0.05, 0) is 48.3 Å². The van der Waals surface area contributed by atoms with Crippen LogP contribution in [0.15, 0.2) is 11.6 Å². The quantitative estimate of drug-likeness (QED) is 0.540. The van der Waals surface area contributed by atoms with Crippen LogP contribution >= 0.6 is 0 Å². The van der Waals surface area contributed by atoms with Crippen LogP contribution in [-0.4, -0.2) is 11.1 Å². The van der Waals surface area contributed by atoms with Gasteiger partial charge in [0.05, 0.1) is 0 Å². The molecule has 0 aromatic carbocycles. The van der Waals surface area contributed by atoms with Crippen LogP contribution in [0, 0.1) is 29.1 Å². The Morgan fingerprint density at radius 2 is 1.84 bits per heavy atom. The third-order valence-electron chi connectivity index (χ3n) is 6.63. The number of allylic oxidation sites excluding steroid dienone is 2. The molecule has 0 amide bonds. The van der Waals surface area contributed by atoms with Gasteiger partial charge < -0.3 is 5.11 Å². The Morgan fingerprint density at radius 3 is 2.40 bits per heavy atom. The summed E-state index contributed by atoms with van der Waals surface area (Å²) in [6, 6.07) is 0. The van der Waals surface area contributed by atoms with E-state index >= 15 is 0 Å². The third-order valence-corrected chi connectivity index (χ3v) is 6.63. The Morgan fingerprint density at radius 1 is 1.24 bits per heavy atom. The minimum absolute atomic E-state index is 0.482. The lowest BCUT2D eigenvalue weighted by atomic mass is 9.59. The molecule has 1 N–H and O–H groups in total. The predicted octanol–water partition coefficient (Wildman–Crippen LogP) is 7.09. The van der Waals surface area contributed by atoms with E-state index in [1.54, 1.807) is 5.57 Å². The molecule has 1 saturated carbocycles. The van der Waals surface area contributed by atoms with Gasteiger partial charge in [0.15, 0.2) is 0 Å². The molecule has 0 spiro atoms. The number of carboxylic acids is 1. The van der Waals surface area contributed by atoms with Crippen LogP contribution in [0.3, 0.4) is 0 Å². The summed E-state index contributed by atoms with van der Waals surface area (Å²) in [6.45, 7) is 13.3. The van der Waals surface area contributed by atoms with Gasteiger partial charge in [-0.15, -0.1) is 0 Å². The highest BCUT2D eigenvalue weighted by Crippen LogP contribution is 2.50. The van der Waals surface area contributed by atoms with Crippen LogP contribution in [0.1, 0.15) is 99.3 Å². The first-order valence-electron chi connectivity index (χ1n) is 10.6. The van der Waals surface area contributed by atoms with Crippen molar-refractivity contribution in [3.05, 3.63) is 11.6 Å². The highest BCUT2D eigenvalue weighted by molar-refractivity contribution is 5.62. The van der Waals surface area contributed by atoms with Crippen molar-refractivity contribution in [1.82, 2.24) is 0 Å². The topological polar surface area (TPSA) is 37.3 Å². The maximum Gasteiger partial charge on any atom is 0.300 e. The molecule has 0 saturated heterocycles. The highest BCUT2D eigenvalue weighted by atomic mass is 16.4. The van der Waals surface area contributed by atoms with E-state index in [2.05, 4.69) is 40.7 Å². The first kappa shape index (κ1) is 22.3. The molecule has 0 radical (unpaired) electrons. The molecular formula is C23H42O2. The van der Waals surface area contributed by atoms with Gasteiger partial charge in [-0.1, -0.05) is 84.8 Å².